The Morgan fingerprint density at radius 2 is 2.00 bits per heavy atom. The van der Waals surface area contributed by atoms with E-state index in [1.54, 1.807) is 37.1 Å². The molecule has 0 bridgehead atoms. The first kappa shape index (κ1) is 24.9. The Bertz CT molecular complexity index is 1170. The number of para-hydroxylation sites is 1. The maximum absolute atomic E-state index is 13.2. The lowest BCUT2D eigenvalue weighted by atomic mass is 9.94. The zero-order valence-electron chi connectivity index (χ0n) is 20.5. The average molecular weight is 494 g/mol. The van der Waals surface area contributed by atoms with E-state index in [2.05, 4.69) is 10.2 Å². The molecule has 2 heterocycles. The molecule has 0 saturated carbocycles. The van der Waals surface area contributed by atoms with Gasteiger partial charge in [-0.05, 0) is 49.1 Å². The van der Waals surface area contributed by atoms with Crippen LogP contribution in [0.15, 0.2) is 64.8 Å². The number of rotatable bonds is 7. The van der Waals surface area contributed by atoms with Crippen molar-refractivity contribution in [3.63, 3.8) is 0 Å². The van der Waals surface area contributed by atoms with Crippen molar-refractivity contribution in [3.8, 4) is 5.75 Å². The summed E-state index contributed by atoms with van der Waals surface area (Å²) in [5.74, 6) is 1.14. The van der Waals surface area contributed by atoms with Gasteiger partial charge in [0.15, 0.2) is 5.17 Å². The van der Waals surface area contributed by atoms with Crippen molar-refractivity contribution in [1.29, 1.82) is 0 Å². The maximum Gasteiger partial charge on any atom is 0.338 e. The molecule has 2 aliphatic heterocycles. The van der Waals surface area contributed by atoms with Crippen molar-refractivity contribution in [1.82, 2.24) is 4.90 Å². The van der Waals surface area contributed by atoms with Crippen molar-refractivity contribution in [2.24, 2.45) is 10.9 Å². The monoisotopic (exact) mass is 493 g/mol. The van der Waals surface area contributed by atoms with Gasteiger partial charge in [0, 0.05) is 18.0 Å². The van der Waals surface area contributed by atoms with E-state index in [1.807, 2.05) is 51.1 Å². The Labute approximate surface area is 210 Å². The van der Waals surface area contributed by atoms with Crippen molar-refractivity contribution in [2.45, 2.75) is 33.2 Å². The van der Waals surface area contributed by atoms with Crippen LogP contribution in [0.5, 0.6) is 5.75 Å². The van der Waals surface area contributed by atoms with E-state index in [4.69, 9.17) is 14.5 Å². The Morgan fingerprint density at radius 1 is 1.20 bits per heavy atom. The third-order valence-electron chi connectivity index (χ3n) is 5.84. The van der Waals surface area contributed by atoms with Crippen molar-refractivity contribution in [2.75, 3.05) is 31.3 Å². The lowest BCUT2D eigenvalue weighted by molar-refractivity contribution is -0.140. The van der Waals surface area contributed by atoms with Gasteiger partial charge in [-0.1, -0.05) is 49.9 Å². The number of allylic oxidation sites excluding steroid dienone is 1. The summed E-state index contributed by atoms with van der Waals surface area (Å²) >= 11 is 1.70. The smallest absolute Gasteiger partial charge is 0.338 e. The van der Waals surface area contributed by atoms with Gasteiger partial charge in [-0.3, -0.25) is 4.79 Å². The number of hydrogen-bond acceptors (Lipinski definition) is 7. The molecule has 1 amide bonds. The summed E-state index contributed by atoms with van der Waals surface area (Å²) in [5, 5.41) is 3.89. The summed E-state index contributed by atoms with van der Waals surface area (Å²) in [7, 11) is 1.54. The predicted octanol–water partition coefficient (Wildman–Crippen LogP) is 5.27. The Morgan fingerprint density at radius 3 is 2.77 bits per heavy atom. The topological polar surface area (TPSA) is 80.2 Å². The first-order valence-corrected chi connectivity index (χ1v) is 12.8. The molecule has 1 fully saturated rings. The van der Waals surface area contributed by atoms with Crippen LogP contribution in [0.1, 0.15) is 49.2 Å². The van der Waals surface area contributed by atoms with Gasteiger partial charge in [0.25, 0.3) is 5.91 Å². The molecular formula is C27H31N3O4S. The minimum absolute atomic E-state index is 0.236. The molecule has 0 spiro atoms. The number of carbonyl (C=O) groups excluding carboxylic acids is 2. The molecule has 2 aliphatic rings. The number of amidine groups is 1. The Hall–Kier alpha value is -3.26. The number of carbonyl (C=O) groups is 2. The highest BCUT2D eigenvalue weighted by Crippen LogP contribution is 2.40. The highest BCUT2D eigenvalue weighted by molar-refractivity contribution is 8.13. The van der Waals surface area contributed by atoms with E-state index >= 15 is 0 Å². The number of aliphatic imine (C=N–C) groups is 1. The number of nitrogens with zero attached hydrogens (tertiary/aromatic N) is 2. The summed E-state index contributed by atoms with van der Waals surface area (Å²) in [4.78, 5) is 33.1. The van der Waals surface area contributed by atoms with Crippen molar-refractivity contribution in [3.05, 3.63) is 70.9 Å². The number of thioether (sulfide) groups is 1. The first-order chi connectivity index (χ1) is 16.9. The fraction of sp³-hybridized carbons (Fsp3) is 0.370. The molecule has 2 aromatic carbocycles. The number of anilines is 1. The minimum atomic E-state index is -0.344. The average Bonchev–Trinajstić information content (AvgIpc) is 2.86. The molecule has 1 saturated heterocycles. The molecule has 0 aromatic heterocycles. The molecule has 1 unspecified atom stereocenters. The number of amides is 1. The van der Waals surface area contributed by atoms with Gasteiger partial charge in [0.2, 0.25) is 0 Å². The molecule has 7 nitrogen and oxygen atoms in total. The highest BCUT2D eigenvalue weighted by atomic mass is 32.2. The summed E-state index contributed by atoms with van der Waals surface area (Å²) in [6, 6.07) is 14.4. The van der Waals surface area contributed by atoms with Crippen LogP contribution in [-0.4, -0.2) is 48.0 Å². The number of nitrogens with one attached hydrogen (secondary N) is 1. The summed E-state index contributed by atoms with van der Waals surface area (Å²) in [6.45, 7) is 7.04. The number of ether oxygens (including phenoxy) is 2. The molecule has 35 heavy (non-hydrogen) atoms. The molecule has 184 valence electrons. The molecule has 1 N–H and O–H groups in total. The fourth-order valence-electron chi connectivity index (χ4n) is 4.21. The van der Waals surface area contributed by atoms with Crippen LogP contribution in [0.25, 0.3) is 0 Å². The second-order valence-electron chi connectivity index (χ2n) is 8.96. The zero-order valence-corrected chi connectivity index (χ0v) is 21.4. The number of fused-ring (bicyclic) bond motifs is 1. The molecule has 1 atom stereocenters. The standard InChI is InChI=1S/C27H31N3O4S/c1-17(2)16-34-26(32)23-18(3)28-27-30(13-8-14-35-27)24(23)19-9-7-10-20(15-19)29-25(31)21-11-5-6-12-22(21)33-4/h5-7,9-12,15,17,24H,8,13-14,16H2,1-4H3,(H,29,31). The van der Waals surface area contributed by atoms with Crippen LogP contribution < -0.4 is 10.1 Å². The Kier molecular flexibility index (Phi) is 7.80. The lowest BCUT2D eigenvalue weighted by Crippen LogP contribution is -2.42. The minimum Gasteiger partial charge on any atom is -0.496 e. The molecule has 2 aromatic rings. The van der Waals surface area contributed by atoms with Gasteiger partial charge in [0.05, 0.1) is 36.6 Å². The van der Waals surface area contributed by atoms with E-state index in [9.17, 15) is 9.59 Å². The van der Waals surface area contributed by atoms with Gasteiger partial charge in [0.1, 0.15) is 5.75 Å². The van der Waals surface area contributed by atoms with E-state index < -0.39 is 0 Å². The maximum atomic E-state index is 13.2. The quantitative estimate of drug-likeness (QED) is 0.529. The first-order valence-electron chi connectivity index (χ1n) is 11.8. The van der Waals surface area contributed by atoms with E-state index in [-0.39, 0.29) is 23.8 Å². The van der Waals surface area contributed by atoms with Crippen LogP contribution in [0.2, 0.25) is 0 Å². The Balaban J connectivity index is 1.67. The van der Waals surface area contributed by atoms with Crippen LogP contribution in [0, 0.1) is 5.92 Å². The van der Waals surface area contributed by atoms with Gasteiger partial charge in [-0.15, -0.1) is 0 Å². The predicted molar refractivity (Wildman–Crippen MR) is 140 cm³/mol. The number of benzene rings is 2. The number of hydrogen-bond donors (Lipinski definition) is 1. The van der Waals surface area contributed by atoms with Gasteiger partial charge in [-0.25, -0.2) is 9.79 Å². The van der Waals surface area contributed by atoms with E-state index in [0.29, 0.717) is 34.9 Å². The van der Waals surface area contributed by atoms with Gasteiger partial charge < -0.3 is 19.7 Å². The third kappa shape index (κ3) is 5.53. The van der Waals surface area contributed by atoms with E-state index in [0.717, 1.165) is 29.4 Å². The molecular weight excluding hydrogens is 462 g/mol. The molecule has 0 aliphatic carbocycles. The largest absolute Gasteiger partial charge is 0.496 e. The van der Waals surface area contributed by atoms with Crippen molar-refractivity contribution < 1.29 is 19.1 Å². The number of esters is 1. The zero-order chi connectivity index (χ0) is 24.9. The molecule has 4 rings (SSSR count). The summed E-state index contributed by atoms with van der Waals surface area (Å²) in [6.07, 6.45) is 0.998. The SMILES string of the molecule is COc1ccccc1C(=O)Nc1cccc(C2C(C(=O)OCC(C)C)=C(C)N=C3SCCCN32)c1. The fourth-order valence-corrected chi connectivity index (χ4v) is 5.23. The third-order valence-corrected chi connectivity index (χ3v) is 6.91. The normalized spacial score (nSPS) is 17.6. The summed E-state index contributed by atoms with van der Waals surface area (Å²) < 4.78 is 11.0. The second-order valence-corrected chi connectivity index (χ2v) is 10.0. The highest BCUT2D eigenvalue weighted by Gasteiger charge is 2.38. The molecule has 8 heteroatoms. The van der Waals surface area contributed by atoms with Crippen LogP contribution in [0.3, 0.4) is 0 Å². The van der Waals surface area contributed by atoms with Crippen LogP contribution >= 0.6 is 11.8 Å². The lowest BCUT2D eigenvalue weighted by Gasteiger charge is -2.40. The molecule has 0 radical (unpaired) electrons. The second kappa shape index (κ2) is 11.0. The van der Waals surface area contributed by atoms with Crippen LogP contribution in [-0.2, 0) is 9.53 Å². The number of methoxy groups -OCH3 is 1. The van der Waals surface area contributed by atoms with Gasteiger partial charge >= 0.3 is 5.97 Å². The summed E-state index contributed by atoms with van der Waals surface area (Å²) in [5.41, 5.74) is 3.21. The van der Waals surface area contributed by atoms with E-state index in [1.165, 1.54) is 0 Å². The van der Waals surface area contributed by atoms with Crippen LogP contribution in [0.4, 0.5) is 5.69 Å². The van der Waals surface area contributed by atoms with Crippen molar-refractivity contribution >= 4 is 34.5 Å². The van der Waals surface area contributed by atoms with Gasteiger partial charge in [-0.2, -0.15) is 0 Å².